The maximum atomic E-state index is 6.50. The number of halogens is 3. The molecule has 508 valence electrons. The molecular weight excluding hydrogens is 1250 g/mol. The van der Waals surface area contributed by atoms with E-state index in [1.165, 1.54) is 72.5 Å². The molecule has 0 saturated carbocycles. The fourth-order valence-corrected chi connectivity index (χ4v) is 14.8. The van der Waals surface area contributed by atoms with Crippen LogP contribution >= 0.6 is 34.8 Å². The van der Waals surface area contributed by atoms with Gasteiger partial charge >= 0.3 is 0 Å². The van der Waals surface area contributed by atoms with Gasteiger partial charge in [-0.05, 0) is 192 Å². The lowest BCUT2D eigenvalue weighted by Crippen LogP contribution is -2.45. The molecule has 15 nitrogen and oxygen atoms in total. The van der Waals surface area contributed by atoms with Gasteiger partial charge < -0.3 is 29.7 Å². The number of aromatic nitrogens is 9. The molecular formula is C78H100Cl3N15. The number of fused-ring (bicyclic) bond motifs is 6. The number of benzene rings is 3. The number of nitrogens with zero attached hydrogens (tertiary/aromatic N) is 12. The molecule has 3 saturated heterocycles. The van der Waals surface area contributed by atoms with E-state index < -0.39 is 0 Å². The first kappa shape index (κ1) is 69.9. The average Bonchev–Trinajstić information content (AvgIpc) is 1.47. The van der Waals surface area contributed by atoms with Crippen molar-refractivity contribution in [2.24, 2.45) is 0 Å². The van der Waals surface area contributed by atoms with Crippen LogP contribution in [-0.4, -0.2) is 137 Å². The minimum Gasteiger partial charge on any atom is -0.337 e. The Morgan fingerprint density at radius 3 is 1.20 bits per heavy atom. The van der Waals surface area contributed by atoms with Gasteiger partial charge in [0, 0.05) is 167 Å². The van der Waals surface area contributed by atoms with Crippen molar-refractivity contribution in [3.05, 3.63) is 247 Å². The van der Waals surface area contributed by atoms with Gasteiger partial charge in [-0.15, -0.1) is 0 Å². The van der Waals surface area contributed by atoms with Gasteiger partial charge in [0.25, 0.3) is 0 Å². The minimum atomic E-state index is 0. The van der Waals surface area contributed by atoms with Crippen LogP contribution in [0.5, 0.6) is 0 Å². The van der Waals surface area contributed by atoms with Gasteiger partial charge in [-0.2, -0.15) is 0 Å². The number of rotatable bonds is 15. The Labute approximate surface area is 588 Å². The van der Waals surface area contributed by atoms with E-state index in [-0.39, 0.29) is 22.4 Å². The van der Waals surface area contributed by atoms with Crippen LogP contribution in [0.15, 0.2) is 153 Å². The molecule has 0 spiro atoms. The number of imidazole rings is 3. The number of piperazine rings is 3. The van der Waals surface area contributed by atoms with Gasteiger partial charge in [-0.3, -0.25) is 29.7 Å². The lowest BCUT2D eigenvalue weighted by molar-refractivity contribution is 0.195. The van der Waals surface area contributed by atoms with Crippen molar-refractivity contribution in [3.8, 4) is 0 Å². The highest BCUT2D eigenvalue weighted by Gasteiger charge is 2.35. The third kappa shape index (κ3) is 17.1. The van der Waals surface area contributed by atoms with E-state index in [9.17, 15) is 0 Å². The molecule has 6 aromatic heterocycles. The first-order valence-electron chi connectivity index (χ1n) is 34.8. The van der Waals surface area contributed by atoms with Crippen molar-refractivity contribution in [1.82, 2.24) is 74.3 Å². The number of hydrogen-bond donors (Lipinski definition) is 3. The van der Waals surface area contributed by atoms with Gasteiger partial charge in [0.1, 0.15) is 0 Å². The Hall–Kier alpha value is -7.41. The Bertz CT molecular complexity index is 4080. The zero-order chi connectivity index (χ0) is 66.8. The van der Waals surface area contributed by atoms with Crippen LogP contribution in [0.2, 0.25) is 15.1 Å². The van der Waals surface area contributed by atoms with Gasteiger partial charge in [0.05, 0.1) is 59.9 Å². The summed E-state index contributed by atoms with van der Waals surface area (Å²) in [5, 5.41) is 12.8. The van der Waals surface area contributed by atoms with Crippen LogP contribution in [0.25, 0.3) is 34.9 Å². The highest BCUT2D eigenvalue weighted by molar-refractivity contribution is 6.31. The fraction of sp³-hybridized carbons (Fsp3) is 0.385. The van der Waals surface area contributed by atoms with Crippen molar-refractivity contribution in [3.63, 3.8) is 0 Å². The van der Waals surface area contributed by atoms with Crippen molar-refractivity contribution in [2.45, 2.75) is 118 Å². The maximum Gasteiger partial charge on any atom is 0.0949 e. The molecule has 0 radical (unpaired) electrons. The molecule has 3 N–H and O–H groups in total. The van der Waals surface area contributed by atoms with E-state index >= 15 is 0 Å². The lowest BCUT2D eigenvalue weighted by Gasteiger charge is -2.35. The molecule has 18 heteroatoms. The number of nitrogens with one attached hydrogen (secondary N) is 3. The van der Waals surface area contributed by atoms with Crippen LogP contribution in [0.3, 0.4) is 0 Å². The van der Waals surface area contributed by atoms with Crippen LogP contribution in [0, 0.1) is 13.8 Å². The summed E-state index contributed by atoms with van der Waals surface area (Å²) in [6, 6.07) is 32.3. The van der Waals surface area contributed by atoms with E-state index in [0.29, 0.717) is 0 Å². The number of aryl methyl sites for hydroxylation is 5. The molecule has 96 heavy (non-hydrogen) atoms. The smallest absolute Gasteiger partial charge is 0.0949 e. The lowest BCUT2D eigenvalue weighted by atomic mass is 9.92. The highest BCUT2D eigenvalue weighted by Crippen LogP contribution is 2.45. The second-order valence-electron chi connectivity index (χ2n) is 24.8. The molecule has 6 aliphatic rings. The third-order valence-corrected chi connectivity index (χ3v) is 19.4. The summed E-state index contributed by atoms with van der Waals surface area (Å²) < 4.78 is 6.52. The zero-order valence-corrected chi connectivity index (χ0v) is 59.0. The van der Waals surface area contributed by atoms with Crippen LogP contribution in [0.4, 0.5) is 0 Å². The molecule has 3 unspecified atom stereocenters. The standard InChI is InChI=1S/2C25H28ClN5.C24H26ClN5.2C2H6.3H2/c1-18-16-28-17-31(18)11-3-5-19-14-20-4-2-8-29-24(20)25(30-12-9-27-10-13-30)22-7-6-21(26)15-23(19)22;1-18-16-30(17-29-18)11-3-5-19-14-20-4-2-8-28-24(20)25(31-12-9-27-10-13-31)22-7-6-21(26)15-23(19)22;25-20-5-6-21-22(16-20)18(4-2-11-29-12-8-27-17-29)15-19-3-1-7-28-23(19)24(21)30-13-9-26-10-14-30;2*1-2;;;/h2*2,4,6-8,14-17,25,27H,3,5,9-13H2,1H3;1,3,5-8,12,15-17,24,26H,2,4,9-11,13-14H2;2*1-2H3;3*1H. The number of allylic oxidation sites excluding steroid dienone is 3. The number of hydrogen-bond acceptors (Lipinski definition) is 12. The molecule has 15 rings (SSSR count). The van der Waals surface area contributed by atoms with Crippen LogP contribution in [0.1, 0.15) is 167 Å². The summed E-state index contributed by atoms with van der Waals surface area (Å²) in [5.41, 5.74) is 21.1. The largest absolute Gasteiger partial charge is 0.337 e. The van der Waals surface area contributed by atoms with Crippen molar-refractivity contribution >= 4 is 69.8 Å². The summed E-state index contributed by atoms with van der Waals surface area (Å²) >= 11 is 19.5. The molecule has 3 aliphatic carbocycles. The zero-order valence-electron chi connectivity index (χ0n) is 56.7. The van der Waals surface area contributed by atoms with Gasteiger partial charge in [0.2, 0.25) is 0 Å². The second-order valence-corrected chi connectivity index (χ2v) is 26.1. The van der Waals surface area contributed by atoms with Crippen molar-refractivity contribution in [1.29, 1.82) is 0 Å². The maximum absolute atomic E-state index is 6.50. The summed E-state index contributed by atoms with van der Waals surface area (Å²) in [6.07, 6.45) is 32.4. The molecule has 3 atom stereocenters. The summed E-state index contributed by atoms with van der Waals surface area (Å²) in [4.78, 5) is 35.0. The highest BCUT2D eigenvalue weighted by atomic mass is 35.5. The van der Waals surface area contributed by atoms with Gasteiger partial charge in [-0.25, -0.2) is 15.0 Å². The predicted octanol–water partition coefficient (Wildman–Crippen LogP) is 16.2. The SMILES string of the molecule is CC.CC.Cc1cn(CCCC2=Cc3cccnc3C(N3CCNCC3)c3ccc(Cl)cc32)cn1.Cc1cncn1CCCC1=Cc2cccnc2C(N2CCNCC2)c2ccc(Cl)cc21.Clc1ccc2c(c1)C(CCCn1ccnc1)=Cc1cccnc1C2N1CCNCC1.[HH].[HH].[HH]. The van der Waals surface area contributed by atoms with E-state index in [1.54, 1.807) is 0 Å². The molecule has 9 heterocycles. The summed E-state index contributed by atoms with van der Waals surface area (Å²) in [7, 11) is 0. The first-order valence-corrected chi connectivity index (χ1v) is 35.9. The normalized spacial score (nSPS) is 18.2. The molecule has 3 aliphatic heterocycles. The second kappa shape index (κ2) is 34.7. The van der Waals surface area contributed by atoms with Gasteiger partial charge in [0.15, 0.2) is 0 Å². The van der Waals surface area contributed by atoms with Crippen molar-refractivity contribution < 1.29 is 4.28 Å². The molecule has 3 fully saturated rings. The Morgan fingerprint density at radius 2 is 0.844 bits per heavy atom. The van der Waals surface area contributed by atoms with E-state index in [4.69, 9.17) is 49.8 Å². The Morgan fingerprint density at radius 1 is 0.448 bits per heavy atom. The van der Waals surface area contributed by atoms with Gasteiger partial charge in [-0.1, -0.05) is 98.9 Å². The van der Waals surface area contributed by atoms with Crippen LogP contribution < -0.4 is 16.0 Å². The molecule has 9 aromatic rings. The summed E-state index contributed by atoms with van der Waals surface area (Å²) in [6.45, 7) is 27.1. The monoisotopic (exact) mass is 1350 g/mol. The van der Waals surface area contributed by atoms with Crippen molar-refractivity contribution in [2.75, 3.05) is 78.5 Å². The molecule has 3 aromatic carbocycles. The third-order valence-electron chi connectivity index (χ3n) is 18.7. The fourth-order valence-electron chi connectivity index (χ4n) is 14.2. The quantitative estimate of drug-likeness (QED) is 0.0901. The Balaban J connectivity index is 0.000000182. The van der Waals surface area contributed by atoms with E-state index in [1.807, 2.05) is 127 Å². The Kier molecular flexibility index (Phi) is 25.3. The topological polar surface area (TPSA) is 138 Å². The molecule has 0 bridgehead atoms. The van der Waals surface area contributed by atoms with E-state index in [2.05, 4.69) is 145 Å². The summed E-state index contributed by atoms with van der Waals surface area (Å²) in [5.74, 6) is 0. The van der Waals surface area contributed by atoms with Crippen LogP contribution in [-0.2, 0) is 19.6 Å². The number of pyridine rings is 3. The predicted molar refractivity (Wildman–Crippen MR) is 402 cm³/mol. The first-order chi connectivity index (χ1) is 47.2. The average molecular weight is 1350 g/mol. The molecule has 0 amide bonds. The minimum absolute atomic E-state index is 0. The van der Waals surface area contributed by atoms with E-state index in [0.717, 1.165) is 175 Å².